The maximum Gasteiger partial charge on any atom is 0.389 e. The van der Waals surface area contributed by atoms with E-state index in [-0.39, 0.29) is 11.3 Å². The molecule has 0 saturated carbocycles. The van der Waals surface area contributed by atoms with Crippen LogP contribution in [0.1, 0.15) is 23.2 Å². The van der Waals surface area contributed by atoms with Gasteiger partial charge in [0.15, 0.2) is 0 Å². The van der Waals surface area contributed by atoms with Crippen molar-refractivity contribution in [3.05, 3.63) is 29.8 Å². The second kappa shape index (κ2) is 7.43. The van der Waals surface area contributed by atoms with Gasteiger partial charge in [0.2, 0.25) is 5.91 Å². The molecule has 0 aliphatic rings. The summed E-state index contributed by atoms with van der Waals surface area (Å²) in [6.07, 6.45) is -6.30. The first-order chi connectivity index (χ1) is 10.2. The predicted octanol–water partition coefficient (Wildman–Crippen LogP) is 1.78. The van der Waals surface area contributed by atoms with E-state index < -0.39 is 43.3 Å². The van der Waals surface area contributed by atoms with Crippen LogP contribution < -0.4 is 10.6 Å². The topological polar surface area (TPSA) is 95.5 Å². The van der Waals surface area contributed by atoms with E-state index in [2.05, 4.69) is 10.6 Å². The van der Waals surface area contributed by atoms with Gasteiger partial charge in [-0.1, -0.05) is 0 Å². The minimum absolute atomic E-state index is 0.162. The van der Waals surface area contributed by atoms with Gasteiger partial charge < -0.3 is 15.7 Å². The highest BCUT2D eigenvalue weighted by molar-refractivity contribution is 5.97. The molecule has 1 aromatic carbocycles. The molecule has 0 atom stereocenters. The zero-order valence-electron chi connectivity index (χ0n) is 11.2. The lowest BCUT2D eigenvalue weighted by Crippen LogP contribution is -2.29. The second-order valence-corrected chi connectivity index (χ2v) is 4.32. The van der Waals surface area contributed by atoms with E-state index >= 15 is 0 Å². The number of carbonyl (C=O) groups is 3. The highest BCUT2D eigenvalue weighted by Crippen LogP contribution is 2.21. The highest BCUT2D eigenvalue weighted by atomic mass is 19.4. The van der Waals surface area contributed by atoms with Gasteiger partial charge in [-0.05, 0) is 24.3 Å². The summed E-state index contributed by atoms with van der Waals surface area (Å²) in [6.45, 7) is -0.533. The van der Waals surface area contributed by atoms with Crippen LogP contribution in [0.4, 0.5) is 18.9 Å². The third-order valence-electron chi connectivity index (χ3n) is 2.47. The van der Waals surface area contributed by atoms with Crippen LogP contribution >= 0.6 is 0 Å². The van der Waals surface area contributed by atoms with E-state index in [1.54, 1.807) is 0 Å². The van der Waals surface area contributed by atoms with Gasteiger partial charge in [0, 0.05) is 17.7 Å². The van der Waals surface area contributed by atoms with Crippen LogP contribution in [-0.2, 0) is 9.59 Å². The molecule has 0 aliphatic heterocycles. The normalized spacial score (nSPS) is 10.9. The molecule has 1 rings (SSSR count). The van der Waals surface area contributed by atoms with Gasteiger partial charge in [-0.3, -0.25) is 14.4 Å². The number of carbonyl (C=O) groups excluding carboxylic acids is 2. The van der Waals surface area contributed by atoms with Crippen molar-refractivity contribution >= 4 is 23.5 Å². The van der Waals surface area contributed by atoms with Crippen molar-refractivity contribution in [1.29, 1.82) is 0 Å². The molecule has 2 amide bonds. The maximum atomic E-state index is 12.0. The smallest absolute Gasteiger partial charge is 0.389 e. The maximum absolute atomic E-state index is 12.0. The third-order valence-corrected chi connectivity index (χ3v) is 2.47. The molecule has 0 fully saturated rings. The third kappa shape index (κ3) is 6.73. The predicted molar refractivity (Wildman–Crippen MR) is 70.3 cm³/mol. The second-order valence-electron chi connectivity index (χ2n) is 4.32. The van der Waals surface area contributed by atoms with Gasteiger partial charge in [-0.2, -0.15) is 13.2 Å². The summed E-state index contributed by atoms with van der Waals surface area (Å²) in [6, 6.07) is 5.30. The summed E-state index contributed by atoms with van der Waals surface area (Å²) in [5.74, 6) is -2.60. The van der Waals surface area contributed by atoms with Crippen LogP contribution in [0, 0.1) is 0 Å². The van der Waals surface area contributed by atoms with Crippen molar-refractivity contribution < 1.29 is 32.7 Å². The molecule has 0 saturated heterocycles. The van der Waals surface area contributed by atoms with E-state index in [1.165, 1.54) is 24.3 Å². The number of alkyl halides is 3. The Morgan fingerprint density at radius 3 is 2.18 bits per heavy atom. The highest BCUT2D eigenvalue weighted by Gasteiger charge is 2.27. The number of benzene rings is 1. The molecule has 22 heavy (non-hydrogen) atoms. The molecule has 9 heteroatoms. The standard InChI is InChI=1S/C13H13F3N2O4/c14-13(15,16)6-5-10(19)18-9-3-1-8(2-4-9)12(22)17-7-11(20)21/h1-4H,5-7H2,(H,17,22)(H,18,19)(H,20,21). The lowest BCUT2D eigenvalue weighted by Gasteiger charge is -2.08. The lowest BCUT2D eigenvalue weighted by molar-refractivity contribution is -0.142. The number of nitrogens with one attached hydrogen (secondary N) is 2. The van der Waals surface area contributed by atoms with E-state index in [4.69, 9.17) is 5.11 Å². The molecule has 0 heterocycles. The Labute approximate surface area is 123 Å². The number of carboxylic acids is 1. The van der Waals surface area contributed by atoms with E-state index in [1.807, 2.05) is 0 Å². The Bertz CT molecular complexity index is 555. The Hall–Kier alpha value is -2.58. The first-order valence-corrected chi connectivity index (χ1v) is 6.14. The summed E-state index contributed by atoms with van der Waals surface area (Å²) in [5, 5.41) is 12.8. The number of hydrogen-bond acceptors (Lipinski definition) is 3. The quantitative estimate of drug-likeness (QED) is 0.745. The number of rotatable bonds is 6. The van der Waals surface area contributed by atoms with Gasteiger partial charge in [-0.25, -0.2) is 0 Å². The van der Waals surface area contributed by atoms with Crippen LogP contribution in [0.5, 0.6) is 0 Å². The number of aliphatic carboxylic acids is 1. The molecular weight excluding hydrogens is 305 g/mol. The number of anilines is 1. The summed E-state index contributed by atoms with van der Waals surface area (Å²) in [5.41, 5.74) is 0.400. The summed E-state index contributed by atoms with van der Waals surface area (Å²) < 4.78 is 35.9. The molecule has 6 nitrogen and oxygen atoms in total. The first-order valence-electron chi connectivity index (χ1n) is 6.14. The summed E-state index contributed by atoms with van der Waals surface area (Å²) >= 11 is 0. The van der Waals surface area contributed by atoms with Gasteiger partial charge in [0.25, 0.3) is 5.91 Å². The number of amides is 2. The van der Waals surface area contributed by atoms with Crippen LogP contribution in [0.2, 0.25) is 0 Å². The molecule has 3 N–H and O–H groups in total. The van der Waals surface area contributed by atoms with Crippen LogP contribution in [-0.4, -0.2) is 35.6 Å². The Morgan fingerprint density at radius 2 is 1.68 bits per heavy atom. The Kier molecular flexibility index (Phi) is 5.90. The Balaban J connectivity index is 2.52. The van der Waals surface area contributed by atoms with Crippen molar-refractivity contribution in [2.75, 3.05) is 11.9 Å². The van der Waals surface area contributed by atoms with E-state index in [9.17, 15) is 27.6 Å². The molecule has 1 aromatic rings. The number of halogens is 3. The van der Waals surface area contributed by atoms with Crippen LogP contribution in [0.25, 0.3) is 0 Å². The molecular formula is C13H13F3N2O4. The lowest BCUT2D eigenvalue weighted by atomic mass is 10.2. The van der Waals surface area contributed by atoms with Crippen LogP contribution in [0.3, 0.4) is 0 Å². The monoisotopic (exact) mass is 318 g/mol. The fourth-order valence-corrected chi connectivity index (χ4v) is 1.44. The van der Waals surface area contributed by atoms with Crippen molar-refractivity contribution in [2.45, 2.75) is 19.0 Å². The van der Waals surface area contributed by atoms with E-state index in [0.29, 0.717) is 0 Å². The Morgan fingerprint density at radius 1 is 1.09 bits per heavy atom. The summed E-state index contributed by atoms with van der Waals surface area (Å²) in [7, 11) is 0. The van der Waals surface area contributed by atoms with Crippen molar-refractivity contribution in [3.8, 4) is 0 Å². The SMILES string of the molecule is O=C(O)CNC(=O)c1ccc(NC(=O)CCC(F)(F)F)cc1. The zero-order chi connectivity index (χ0) is 16.8. The van der Waals surface area contributed by atoms with Crippen molar-refractivity contribution in [3.63, 3.8) is 0 Å². The van der Waals surface area contributed by atoms with Gasteiger partial charge >= 0.3 is 12.1 Å². The van der Waals surface area contributed by atoms with Crippen LogP contribution in [0.15, 0.2) is 24.3 Å². The average Bonchev–Trinajstić information content (AvgIpc) is 2.42. The molecule has 0 radical (unpaired) electrons. The largest absolute Gasteiger partial charge is 0.480 e. The summed E-state index contributed by atoms with van der Waals surface area (Å²) in [4.78, 5) is 33.1. The molecule has 0 spiro atoms. The number of carboxylic acid groups (broad SMARTS) is 1. The average molecular weight is 318 g/mol. The van der Waals surface area contributed by atoms with Gasteiger partial charge in [0.05, 0.1) is 6.42 Å². The molecule has 0 aromatic heterocycles. The minimum Gasteiger partial charge on any atom is -0.480 e. The van der Waals surface area contributed by atoms with Gasteiger partial charge in [-0.15, -0.1) is 0 Å². The minimum atomic E-state index is -4.40. The van der Waals surface area contributed by atoms with Crippen molar-refractivity contribution in [1.82, 2.24) is 5.32 Å². The fraction of sp³-hybridized carbons (Fsp3) is 0.308. The number of hydrogen-bond donors (Lipinski definition) is 3. The molecule has 120 valence electrons. The zero-order valence-corrected chi connectivity index (χ0v) is 11.2. The molecule has 0 bridgehead atoms. The van der Waals surface area contributed by atoms with Crippen molar-refractivity contribution in [2.24, 2.45) is 0 Å². The molecule has 0 unspecified atom stereocenters. The van der Waals surface area contributed by atoms with E-state index in [0.717, 1.165) is 0 Å². The first kappa shape index (κ1) is 17.5. The van der Waals surface area contributed by atoms with Gasteiger partial charge in [0.1, 0.15) is 6.54 Å². The fourth-order valence-electron chi connectivity index (χ4n) is 1.44. The molecule has 0 aliphatic carbocycles.